The number of aryl methyl sites for hydroxylation is 1. The van der Waals surface area contributed by atoms with Gasteiger partial charge in [0.25, 0.3) is 0 Å². The van der Waals surface area contributed by atoms with Crippen molar-refractivity contribution in [3.05, 3.63) is 89.9 Å². The van der Waals surface area contributed by atoms with Crippen molar-refractivity contribution in [2.75, 3.05) is 10.2 Å². The summed E-state index contributed by atoms with van der Waals surface area (Å²) in [5.41, 5.74) is 2.20. The standard InChI is InChI=1S/C31H35FN4O3/c1-2-22-13-19-26(20-14-22)36(29(38)12-7-11-28(37)35-27-10-5-6-21-33-27)30(23-15-17-24(32)18-16-23)31(39)34-25-8-3-4-9-25/h5-6,10,13-21,25,30H,2-4,7-9,11-12H2,1H3,(H,34,39)(H,33,35,37)/t30-/m0/s1. The average Bonchev–Trinajstić information content (AvgIpc) is 3.46. The number of rotatable bonds is 11. The molecule has 0 saturated heterocycles. The minimum absolute atomic E-state index is 0.0511. The molecule has 2 aromatic carbocycles. The summed E-state index contributed by atoms with van der Waals surface area (Å²) in [5.74, 6) is -0.797. The number of nitrogens with zero attached hydrogens (tertiary/aromatic N) is 2. The molecule has 1 aliphatic rings. The Balaban J connectivity index is 1.57. The van der Waals surface area contributed by atoms with E-state index in [-0.39, 0.29) is 36.6 Å². The summed E-state index contributed by atoms with van der Waals surface area (Å²) >= 11 is 0. The summed E-state index contributed by atoms with van der Waals surface area (Å²) in [6.07, 6.45) is 6.79. The highest BCUT2D eigenvalue weighted by Gasteiger charge is 2.34. The molecular formula is C31H35FN4O3. The number of anilines is 2. The minimum atomic E-state index is -0.978. The Labute approximate surface area is 228 Å². The van der Waals surface area contributed by atoms with Gasteiger partial charge in [-0.2, -0.15) is 0 Å². The van der Waals surface area contributed by atoms with Gasteiger partial charge in [-0.05, 0) is 73.2 Å². The van der Waals surface area contributed by atoms with Crippen LogP contribution < -0.4 is 15.5 Å². The Morgan fingerprint density at radius 2 is 1.69 bits per heavy atom. The van der Waals surface area contributed by atoms with E-state index in [0.717, 1.165) is 37.7 Å². The highest BCUT2D eigenvalue weighted by atomic mass is 19.1. The summed E-state index contributed by atoms with van der Waals surface area (Å²) in [6.45, 7) is 2.05. The molecule has 39 heavy (non-hydrogen) atoms. The van der Waals surface area contributed by atoms with Gasteiger partial charge in [-0.3, -0.25) is 19.3 Å². The van der Waals surface area contributed by atoms with E-state index in [2.05, 4.69) is 15.6 Å². The smallest absolute Gasteiger partial charge is 0.248 e. The van der Waals surface area contributed by atoms with Gasteiger partial charge in [0.1, 0.15) is 17.7 Å². The normalized spacial score (nSPS) is 14.0. The molecule has 2 N–H and O–H groups in total. The van der Waals surface area contributed by atoms with Gasteiger partial charge in [0, 0.05) is 30.8 Å². The molecule has 0 bridgehead atoms. The summed E-state index contributed by atoms with van der Waals surface area (Å²) < 4.78 is 13.8. The van der Waals surface area contributed by atoms with E-state index in [1.165, 1.54) is 17.0 Å². The third-order valence-corrected chi connectivity index (χ3v) is 7.01. The number of pyridine rings is 1. The monoisotopic (exact) mass is 530 g/mol. The highest BCUT2D eigenvalue weighted by molar-refractivity contribution is 6.01. The zero-order valence-corrected chi connectivity index (χ0v) is 22.2. The van der Waals surface area contributed by atoms with Crippen molar-refractivity contribution in [3.63, 3.8) is 0 Å². The molecular weight excluding hydrogens is 495 g/mol. The van der Waals surface area contributed by atoms with E-state index in [9.17, 15) is 18.8 Å². The Bertz CT molecular complexity index is 1240. The molecule has 1 saturated carbocycles. The number of benzene rings is 2. The first-order chi connectivity index (χ1) is 18.9. The van der Waals surface area contributed by atoms with Crippen molar-refractivity contribution in [3.8, 4) is 0 Å². The first kappa shape index (κ1) is 28.0. The van der Waals surface area contributed by atoms with Crippen molar-refractivity contribution in [1.29, 1.82) is 0 Å². The Morgan fingerprint density at radius 3 is 2.33 bits per heavy atom. The summed E-state index contributed by atoms with van der Waals surface area (Å²) in [5, 5.41) is 5.85. The van der Waals surface area contributed by atoms with Gasteiger partial charge in [0.2, 0.25) is 17.7 Å². The Morgan fingerprint density at radius 1 is 0.974 bits per heavy atom. The average molecular weight is 531 g/mol. The fourth-order valence-corrected chi connectivity index (χ4v) is 4.91. The van der Waals surface area contributed by atoms with E-state index in [1.54, 1.807) is 36.5 Å². The van der Waals surface area contributed by atoms with E-state index in [4.69, 9.17) is 0 Å². The molecule has 7 nitrogen and oxygen atoms in total. The van der Waals surface area contributed by atoms with Crippen LogP contribution in [-0.4, -0.2) is 28.7 Å². The second-order valence-electron chi connectivity index (χ2n) is 9.84. The molecule has 1 aromatic heterocycles. The lowest BCUT2D eigenvalue weighted by molar-refractivity contribution is -0.127. The summed E-state index contributed by atoms with van der Waals surface area (Å²) in [6, 6.07) is 17.6. The third kappa shape index (κ3) is 7.72. The molecule has 1 atom stereocenters. The van der Waals surface area contributed by atoms with Crippen molar-refractivity contribution in [1.82, 2.24) is 10.3 Å². The zero-order valence-electron chi connectivity index (χ0n) is 22.2. The number of aromatic nitrogens is 1. The van der Waals surface area contributed by atoms with Gasteiger partial charge in [-0.25, -0.2) is 9.37 Å². The maximum absolute atomic E-state index is 13.8. The van der Waals surface area contributed by atoms with Crippen molar-refractivity contribution in [2.45, 2.75) is 70.4 Å². The van der Waals surface area contributed by atoms with E-state index >= 15 is 0 Å². The minimum Gasteiger partial charge on any atom is -0.351 e. The molecule has 4 rings (SSSR count). The van der Waals surface area contributed by atoms with Gasteiger partial charge < -0.3 is 10.6 Å². The van der Waals surface area contributed by atoms with E-state index in [1.807, 2.05) is 31.2 Å². The first-order valence-electron chi connectivity index (χ1n) is 13.6. The van der Waals surface area contributed by atoms with Crippen LogP contribution in [0.1, 0.15) is 69.0 Å². The number of halogens is 1. The van der Waals surface area contributed by atoms with E-state index < -0.39 is 11.9 Å². The SMILES string of the molecule is CCc1ccc(N(C(=O)CCCC(=O)Nc2ccccn2)[C@H](C(=O)NC2CCCC2)c2ccc(F)cc2)cc1. The van der Waals surface area contributed by atoms with Gasteiger partial charge in [0.05, 0.1) is 0 Å². The van der Waals surface area contributed by atoms with Crippen LogP contribution in [0.25, 0.3) is 0 Å². The number of carbonyl (C=O) groups excluding carboxylic acids is 3. The van der Waals surface area contributed by atoms with Gasteiger partial charge in [-0.15, -0.1) is 0 Å². The number of carbonyl (C=O) groups is 3. The molecule has 0 radical (unpaired) electrons. The largest absolute Gasteiger partial charge is 0.351 e. The zero-order chi connectivity index (χ0) is 27.6. The molecule has 0 aliphatic heterocycles. The van der Waals surface area contributed by atoms with Crippen LogP contribution in [0.4, 0.5) is 15.9 Å². The predicted molar refractivity (Wildman–Crippen MR) is 150 cm³/mol. The van der Waals surface area contributed by atoms with Gasteiger partial charge >= 0.3 is 0 Å². The number of nitrogens with one attached hydrogen (secondary N) is 2. The summed E-state index contributed by atoms with van der Waals surface area (Å²) in [4.78, 5) is 45.5. The van der Waals surface area contributed by atoms with Crippen molar-refractivity contribution >= 4 is 29.2 Å². The van der Waals surface area contributed by atoms with E-state index in [0.29, 0.717) is 23.5 Å². The second kappa shape index (κ2) is 13.6. The summed E-state index contributed by atoms with van der Waals surface area (Å²) in [7, 11) is 0. The molecule has 3 aromatic rings. The van der Waals surface area contributed by atoms with Crippen LogP contribution in [0.3, 0.4) is 0 Å². The quantitative estimate of drug-likeness (QED) is 0.331. The molecule has 1 fully saturated rings. The molecule has 1 aliphatic carbocycles. The lowest BCUT2D eigenvalue weighted by Gasteiger charge is -2.32. The van der Waals surface area contributed by atoms with Crippen LogP contribution >= 0.6 is 0 Å². The fourth-order valence-electron chi connectivity index (χ4n) is 4.91. The third-order valence-electron chi connectivity index (χ3n) is 7.01. The van der Waals surface area contributed by atoms with Crippen LogP contribution in [0.5, 0.6) is 0 Å². The molecule has 3 amide bonds. The van der Waals surface area contributed by atoms with Crippen LogP contribution in [0, 0.1) is 5.82 Å². The maximum Gasteiger partial charge on any atom is 0.248 e. The molecule has 8 heteroatoms. The van der Waals surface area contributed by atoms with Crippen LogP contribution in [-0.2, 0) is 20.8 Å². The fraction of sp³-hybridized carbons (Fsp3) is 0.355. The van der Waals surface area contributed by atoms with Crippen LogP contribution in [0.15, 0.2) is 72.9 Å². The molecule has 1 heterocycles. The van der Waals surface area contributed by atoms with Crippen LogP contribution in [0.2, 0.25) is 0 Å². The molecule has 0 unspecified atom stereocenters. The second-order valence-corrected chi connectivity index (χ2v) is 9.84. The molecule has 0 spiro atoms. The number of hydrogen-bond donors (Lipinski definition) is 2. The Hall–Kier alpha value is -4.07. The lowest BCUT2D eigenvalue weighted by atomic mass is 10.0. The first-order valence-corrected chi connectivity index (χ1v) is 13.6. The predicted octanol–water partition coefficient (Wildman–Crippen LogP) is 5.73. The Kier molecular flexibility index (Phi) is 9.78. The topological polar surface area (TPSA) is 91.4 Å². The van der Waals surface area contributed by atoms with Gasteiger partial charge in [-0.1, -0.05) is 50.1 Å². The van der Waals surface area contributed by atoms with Crippen molar-refractivity contribution in [2.24, 2.45) is 0 Å². The van der Waals surface area contributed by atoms with Crippen molar-refractivity contribution < 1.29 is 18.8 Å². The lowest BCUT2D eigenvalue weighted by Crippen LogP contribution is -2.46. The number of hydrogen-bond acceptors (Lipinski definition) is 4. The maximum atomic E-state index is 13.8. The molecule has 204 valence electrons. The van der Waals surface area contributed by atoms with Gasteiger partial charge in [0.15, 0.2) is 0 Å². The highest BCUT2D eigenvalue weighted by Crippen LogP contribution is 2.31. The number of amides is 3.